The monoisotopic (exact) mass is 191 g/mol. The van der Waals surface area contributed by atoms with Crippen molar-refractivity contribution < 1.29 is 9.21 Å². The zero-order valence-electron chi connectivity index (χ0n) is 8.03. The van der Waals surface area contributed by atoms with Crippen LogP contribution in [0.1, 0.15) is 23.4 Å². The third-order valence-corrected chi connectivity index (χ3v) is 2.39. The van der Waals surface area contributed by atoms with Crippen molar-refractivity contribution in [3.63, 3.8) is 0 Å². The maximum Gasteiger partial charge on any atom is 0.289 e. The predicted molar refractivity (Wildman–Crippen MR) is 53.0 cm³/mol. The van der Waals surface area contributed by atoms with Crippen LogP contribution in [-0.4, -0.2) is 23.9 Å². The van der Waals surface area contributed by atoms with Gasteiger partial charge in [-0.3, -0.25) is 4.79 Å². The van der Waals surface area contributed by atoms with E-state index < -0.39 is 0 Å². The number of carbonyl (C=O) groups is 1. The Balaban J connectivity index is 2.08. The second-order valence-corrected chi connectivity index (χ2v) is 3.56. The number of piperidine rings is 1. The summed E-state index contributed by atoms with van der Waals surface area (Å²) in [5.41, 5.74) is 1.12. The van der Waals surface area contributed by atoms with Crippen LogP contribution >= 0.6 is 0 Å². The Kier molecular flexibility index (Phi) is 2.39. The predicted octanol–water partition coefficient (Wildman–Crippen LogP) is 2.07. The molecule has 1 aromatic heterocycles. The summed E-state index contributed by atoms with van der Waals surface area (Å²) in [5.74, 6) is 0.385. The van der Waals surface area contributed by atoms with E-state index in [2.05, 4.69) is 6.58 Å². The fraction of sp³-hybridized carbons (Fsp3) is 0.364. The number of hydrogen-bond acceptors (Lipinski definition) is 2. The fourth-order valence-electron chi connectivity index (χ4n) is 1.68. The summed E-state index contributed by atoms with van der Waals surface area (Å²) in [4.78, 5) is 13.6. The highest BCUT2D eigenvalue weighted by Gasteiger charge is 2.21. The summed E-state index contributed by atoms with van der Waals surface area (Å²) in [6, 6.07) is 3.42. The number of likely N-dealkylation sites (tertiary alicyclic amines) is 1. The molecule has 0 spiro atoms. The first-order chi connectivity index (χ1) is 6.77. The van der Waals surface area contributed by atoms with Crippen LogP contribution in [0, 0.1) is 0 Å². The summed E-state index contributed by atoms with van der Waals surface area (Å²) in [7, 11) is 0. The van der Waals surface area contributed by atoms with Gasteiger partial charge in [0.25, 0.3) is 5.91 Å². The highest BCUT2D eigenvalue weighted by molar-refractivity contribution is 5.91. The minimum Gasteiger partial charge on any atom is -0.459 e. The van der Waals surface area contributed by atoms with Gasteiger partial charge in [0.05, 0.1) is 6.26 Å². The van der Waals surface area contributed by atoms with Crippen molar-refractivity contribution in [2.45, 2.75) is 12.8 Å². The molecule has 0 aliphatic carbocycles. The van der Waals surface area contributed by atoms with Gasteiger partial charge in [-0.25, -0.2) is 0 Å². The molecule has 1 aliphatic heterocycles. The van der Waals surface area contributed by atoms with Crippen LogP contribution in [0.2, 0.25) is 0 Å². The molecule has 0 radical (unpaired) electrons. The molecule has 3 heteroatoms. The van der Waals surface area contributed by atoms with Gasteiger partial charge in [-0.15, -0.1) is 0 Å². The lowest BCUT2D eigenvalue weighted by molar-refractivity contribution is 0.0720. The second kappa shape index (κ2) is 3.70. The van der Waals surface area contributed by atoms with Crippen LogP contribution in [0.4, 0.5) is 0 Å². The van der Waals surface area contributed by atoms with E-state index in [1.807, 2.05) is 0 Å². The molecule has 3 nitrogen and oxygen atoms in total. The molecule has 2 heterocycles. The zero-order valence-corrected chi connectivity index (χ0v) is 8.03. The Hall–Kier alpha value is -1.51. The molecule has 14 heavy (non-hydrogen) atoms. The number of furan rings is 1. The number of rotatable bonds is 1. The molecule has 74 valence electrons. The van der Waals surface area contributed by atoms with Gasteiger partial charge in [0, 0.05) is 13.1 Å². The minimum atomic E-state index is -0.0316. The van der Waals surface area contributed by atoms with Crippen LogP contribution in [0.3, 0.4) is 0 Å². The van der Waals surface area contributed by atoms with E-state index in [0.29, 0.717) is 12.3 Å². The minimum absolute atomic E-state index is 0.0316. The topological polar surface area (TPSA) is 33.5 Å². The van der Waals surface area contributed by atoms with Crippen molar-refractivity contribution in [2.75, 3.05) is 13.1 Å². The van der Waals surface area contributed by atoms with Gasteiger partial charge in [-0.1, -0.05) is 12.2 Å². The Morgan fingerprint density at radius 3 is 3.07 bits per heavy atom. The van der Waals surface area contributed by atoms with Gasteiger partial charge in [0.2, 0.25) is 0 Å². The molecule has 0 N–H and O–H groups in total. The number of amides is 1. The Bertz CT molecular complexity index is 340. The van der Waals surface area contributed by atoms with Crippen LogP contribution in [0.25, 0.3) is 0 Å². The second-order valence-electron chi connectivity index (χ2n) is 3.56. The largest absolute Gasteiger partial charge is 0.459 e. The van der Waals surface area contributed by atoms with Gasteiger partial charge < -0.3 is 9.32 Å². The van der Waals surface area contributed by atoms with Crippen molar-refractivity contribution in [1.29, 1.82) is 0 Å². The number of carbonyl (C=O) groups excluding carboxylic acids is 1. The van der Waals surface area contributed by atoms with Crippen molar-refractivity contribution in [1.82, 2.24) is 4.90 Å². The number of nitrogens with zero attached hydrogens (tertiary/aromatic N) is 1. The third kappa shape index (κ3) is 1.71. The van der Waals surface area contributed by atoms with Crippen molar-refractivity contribution in [2.24, 2.45) is 0 Å². The van der Waals surface area contributed by atoms with E-state index in [4.69, 9.17) is 4.42 Å². The molecule has 0 aromatic carbocycles. The van der Waals surface area contributed by atoms with Gasteiger partial charge in [-0.2, -0.15) is 0 Å². The smallest absolute Gasteiger partial charge is 0.289 e. The molecule has 1 fully saturated rings. The molecule has 0 unspecified atom stereocenters. The first-order valence-electron chi connectivity index (χ1n) is 4.77. The molecule has 1 aromatic rings. The molecule has 1 amide bonds. The standard InChI is InChI=1S/C11H13NO2/c1-9-4-2-6-12(8-9)11(13)10-5-3-7-14-10/h3,5,7H,1-2,4,6,8H2. The van der Waals surface area contributed by atoms with Crippen molar-refractivity contribution in [3.8, 4) is 0 Å². The van der Waals surface area contributed by atoms with Crippen molar-refractivity contribution >= 4 is 5.91 Å². The molecular weight excluding hydrogens is 178 g/mol. The Morgan fingerprint density at radius 2 is 2.43 bits per heavy atom. The summed E-state index contributed by atoms with van der Waals surface area (Å²) < 4.78 is 5.06. The molecule has 0 bridgehead atoms. The summed E-state index contributed by atoms with van der Waals surface area (Å²) in [5, 5.41) is 0. The van der Waals surface area contributed by atoms with Crippen LogP contribution in [0.5, 0.6) is 0 Å². The molecule has 1 aliphatic rings. The van der Waals surface area contributed by atoms with Gasteiger partial charge in [-0.05, 0) is 25.0 Å². The lowest BCUT2D eigenvalue weighted by Crippen LogP contribution is -2.36. The van der Waals surface area contributed by atoms with Crippen molar-refractivity contribution in [3.05, 3.63) is 36.3 Å². The fourth-order valence-corrected chi connectivity index (χ4v) is 1.68. The average molecular weight is 191 g/mol. The first kappa shape index (κ1) is 9.06. The Labute approximate surface area is 83.0 Å². The lowest BCUT2D eigenvalue weighted by Gasteiger charge is -2.27. The third-order valence-electron chi connectivity index (χ3n) is 2.39. The quantitative estimate of drug-likeness (QED) is 0.637. The van der Waals surface area contributed by atoms with Gasteiger partial charge in [0.1, 0.15) is 0 Å². The van der Waals surface area contributed by atoms with E-state index in [1.165, 1.54) is 6.26 Å². The first-order valence-corrected chi connectivity index (χ1v) is 4.77. The highest BCUT2D eigenvalue weighted by Crippen LogP contribution is 2.16. The SMILES string of the molecule is C=C1CCCN(C(=O)c2ccco2)C1. The van der Waals surface area contributed by atoms with E-state index in [-0.39, 0.29) is 5.91 Å². The van der Waals surface area contributed by atoms with E-state index in [1.54, 1.807) is 17.0 Å². The zero-order chi connectivity index (χ0) is 9.97. The molecule has 0 atom stereocenters. The normalized spacial score (nSPS) is 17.1. The van der Waals surface area contributed by atoms with E-state index in [9.17, 15) is 4.79 Å². The summed E-state index contributed by atoms with van der Waals surface area (Å²) in [6.45, 7) is 5.37. The van der Waals surface area contributed by atoms with Crippen LogP contribution in [0.15, 0.2) is 35.0 Å². The molecule has 2 rings (SSSR count). The van der Waals surface area contributed by atoms with Gasteiger partial charge in [0.15, 0.2) is 5.76 Å². The number of hydrogen-bond donors (Lipinski definition) is 0. The van der Waals surface area contributed by atoms with E-state index in [0.717, 1.165) is 25.0 Å². The summed E-state index contributed by atoms with van der Waals surface area (Å²) in [6.07, 6.45) is 3.55. The molecule has 1 saturated heterocycles. The molecular formula is C11H13NO2. The van der Waals surface area contributed by atoms with Crippen LogP contribution < -0.4 is 0 Å². The highest BCUT2D eigenvalue weighted by atomic mass is 16.3. The van der Waals surface area contributed by atoms with Crippen LogP contribution in [-0.2, 0) is 0 Å². The summed E-state index contributed by atoms with van der Waals surface area (Å²) >= 11 is 0. The van der Waals surface area contributed by atoms with E-state index >= 15 is 0 Å². The molecule has 0 saturated carbocycles. The Morgan fingerprint density at radius 1 is 1.57 bits per heavy atom. The average Bonchev–Trinajstić information content (AvgIpc) is 2.69. The van der Waals surface area contributed by atoms with Gasteiger partial charge >= 0.3 is 0 Å². The maximum atomic E-state index is 11.8. The lowest BCUT2D eigenvalue weighted by atomic mass is 10.1. The maximum absolute atomic E-state index is 11.8.